The summed E-state index contributed by atoms with van der Waals surface area (Å²) in [7, 11) is 0. The van der Waals surface area contributed by atoms with Crippen LogP contribution in [0.1, 0.15) is 0 Å². The standard InChI is InChI=1S/C10H11FN2O3/c11-8-2-1-3-9(10(8)13(14)15)12-4-6-16-7-5-12/h1-3H,4-7H2. The molecule has 5 nitrogen and oxygen atoms in total. The summed E-state index contributed by atoms with van der Waals surface area (Å²) in [5.74, 6) is -0.797. The third-order valence-corrected chi connectivity index (χ3v) is 2.50. The lowest BCUT2D eigenvalue weighted by molar-refractivity contribution is -0.386. The van der Waals surface area contributed by atoms with Gasteiger partial charge in [0.2, 0.25) is 5.82 Å². The molecule has 1 heterocycles. The topological polar surface area (TPSA) is 55.6 Å². The molecule has 0 aromatic heterocycles. The van der Waals surface area contributed by atoms with Crippen molar-refractivity contribution in [2.45, 2.75) is 0 Å². The minimum Gasteiger partial charge on any atom is -0.378 e. The van der Waals surface area contributed by atoms with Gasteiger partial charge >= 0.3 is 5.69 Å². The van der Waals surface area contributed by atoms with Crippen LogP contribution >= 0.6 is 0 Å². The number of morpholine rings is 1. The van der Waals surface area contributed by atoms with Gasteiger partial charge < -0.3 is 9.64 Å². The first-order valence-corrected chi connectivity index (χ1v) is 4.96. The predicted octanol–water partition coefficient (Wildman–Crippen LogP) is 1.57. The van der Waals surface area contributed by atoms with Gasteiger partial charge in [0.25, 0.3) is 0 Å². The van der Waals surface area contributed by atoms with Crippen molar-refractivity contribution >= 4 is 11.4 Å². The van der Waals surface area contributed by atoms with Crippen molar-refractivity contribution in [1.29, 1.82) is 0 Å². The quantitative estimate of drug-likeness (QED) is 0.567. The SMILES string of the molecule is O=[N+]([O-])c1c(F)cccc1N1CCOCC1. The van der Waals surface area contributed by atoms with Crippen LogP contribution < -0.4 is 4.90 Å². The maximum atomic E-state index is 13.4. The molecule has 2 rings (SSSR count). The van der Waals surface area contributed by atoms with Gasteiger partial charge in [0.1, 0.15) is 5.69 Å². The lowest BCUT2D eigenvalue weighted by atomic mass is 10.2. The Kier molecular flexibility index (Phi) is 3.00. The molecule has 0 amide bonds. The van der Waals surface area contributed by atoms with Gasteiger partial charge in [0.05, 0.1) is 18.1 Å². The predicted molar refractivity (Wildman–Crippen MR) is 56.1 cm³/mol. The minimum absolute atomic E-state index is 0.327. The van der Waals surface area contributed by atoms with Crippen molar-refractivity contribution in [1.82, 2.24) is 0 Å². The number of halogens is 1. The summed E-state index contributed by atoms with van der Waals surface area (Å²) < 4.78 is 18.5. The van der Waals surface area contributed by atoms with Gasteiger partial charge in [-0.25, -0.2) is 0 Å². The highest BCUT2D eigenvalue weighted by Crippen LogP contribution is 2.30. The second-order valence-electron chi connectivity index (χ2n) is 3.46. The monoisotopic (exact) mass is 226 g/mol. The highest BCUT2D eigenvalue weighted by atomic mass is 19.1. The summed E-state index contributed by atoms with van der Waals surface area (Å²) in [5.41, 5.74) is -0.127. The second-order valence-corrected chi connectivity index (χ2v) is 3.46. The molecule has 1 aliphatic rings. The molecule has 1 fully saturated rings. The molecule has 0 radical (unpaired) electrons. The molecular weight excluding hydrogens is 215 g/mol. The van der Waals surface area contributed by atoms with Gasteiger partial charge in [-0.2, -0.15) is 4.39 Å². The summed E-state index contributed by atoms with van der Waals surface area (Å²) >= 11 is 0. The van der Waals surface area contributed by atoms with Gasteiger partial charge in [-0.05, 0) is 12.1 Å². The van der Waals surface area contributed by atoms with Crippen LogP contribution in [0.3, 0.4) is 0 Å². The van der Waals surface area contributed by atoms with Crippen LogP contribution in [0.4, 0.5) is 15.8 Å². The molecule has 16 heavy (non-hydrogen) atoms. The van der Waals surface area contributed by atoms with Crippen LogP contribution in [0, 0.1) is 15.9 Å². The zero-order valence-electron chi connectivity index (χ0n) is 8.56. The number of nitro groups is 1. The zero-order valence-corrected chi connectivity index (χ0v) is 8.56. The number of benzene rings is 1. The Bertz CT molecular complexity index is 405. The fourth-order valence-electron chi connectivity index (χ4n) is 1.74. The third kappa shape index (κ3) is 1.96. The summed E-state index contributed by atoms with van der Waals surface area (Å²) in [6.45, 7) is 2.11. The van der Waals surface area contributed by atoms with Gasteiger partial charge in [-0.15, -0.1) is 0 Å². The summed E-state index contributed by atoms with van der Waals surface area (Å²) in [6, 6.07) is 4.14. The molecule has 1 aromatic carbocycles. The first kappa shape index (κ1) is 10.8. The summed E-state index contributed by atoms with van der Waals surface area (Å²) in [5, 5.41) is 10.8. The Hall–Kier alpha value is -1.69. The van der Waals surface area contributed by atoms with Gasteiger partial charge in [0.15, 0.2) is 0 Å². The lowest BCUT2D eigenvalue weighted by Crippen LogP contribution is -2.36. The largest absolute Gasteiger partial charge is 0.378 e. The molecule has 1 saturated heterocycles. The van der Waals surface area contributed by atoms with E-state index >= 15 is 0 Å². The number of ether oxygens (including phenoxy) is 1. The van der Waals surface area contributed by atoms with Crippen molar-refractivity contribution in [3.8, 4) is 0 Å². The summed E-state index contributed by atoms with van der Waals surface area (Å²) in [6.07, 6.45) is 0. The van der Waals surface area contributed by atoms with Crippen molar-refractivity contribution in [3.05, 3.63) is 34.1 Å². The highest BCUT2D eigenvalue weighted by molar-refractivity contribution is 5.63. The van der Waals surface area contributed by atoms with Crippen molar-refractivity contribution in [2.24, 2.45) is 0 Å². The molecule has 0 saturated carbocycles. The van der Waals surface area contributed by atoms with Gasteiger partial charge in [-0.3, -0.25) is 10.1 Å². The van der Waals surface area contributed by atoms with Crippen LogP contribution in [-0.2, 0) is 4.74 Å². The molecular formula is C10H11FN2O3. The maximum absolute atomic E-state index is 13.4. The molecule has 0 atom stereocenters. The Morgan fingerprint density at radius 3 is 2.69 bits per heavy atom. The Morgan fingerprint density at radius 2 is 2.06 bits per heavy atom. The number of hydrogen-bond donors (Lipinski definition) is 0. The fourth-order valence-corrected chi connectivity index (χ4v) is 1.74. The molecule has 0 aliphatic carbocycles. The number of nitro benzene ring substituents is 1. The van der Waals surface area contributed by atoms with Crippen LogP contribution in [0.2, 0.25) is 0 Å². The fraction of sp³-hybridized carbons (Fsp3) is 0.400. The number of rotatable bonds is 2. The molecule has 6 heteroatoms. The number of para-hydroxylation sites is 1. The van der Waals surface area contributed by atoms with E-state index in [-0.39, 0.29) is 0 Å². The Balaban J connectivity index is 2.38. The third-order valence-electron chi connectivity index (χ3n) is 2.50. The van der Waals surface area contributed by atoms with Crippen LogP contribution in [-0.4, -0.2) is 31.2 Å². The number of nitrogens with zero attached hydrogens (tertiary/aromatic N) is 2. The van der Waals surface area contributed by atoms with Gasteiger partial charge in [-0.1, -0.05) is 6.07 Å². The lowest BCUT2D eigenvalue weighted by Gasteiger charge is -2.28. The normalized spacial score (nSPS) is 16.2. The van der Waals surface area contributed by atoms with E-state index in [1.54, 1.807) is 11.0 Å². The van der Waals surface area contributed by atoms with Crippen molar-refractivity contribution < 1.29 is 14.1 Å². The van der Waals surface area contributed by atoms with E-state index in [1.807, 2.05) is 0 Å². The molecule has 1 aliphatic heterocycles. The first-order valence-electron chi connectivity index (χ1n) is 4.96. The smallest absolute Gasteiger partial charge is 0.327 e. The van der Waals surface area contributed by atoms with Gasteiger partial charge in [0, 0.05) is 13.1 Å². The van der Waals surface area contributed by atoms with E-state index in [9.17, 15) is 14.5 Å². The molecule has 1 aromatic rings. The van der Waals surface area contributed by atoms with E-state index in [2.05, 4.69) is 0 Å². The maximum Gasteiger partial charge on any atom is 0.327 e. The molecule has 0 N–H and O–H groups in total. The molecule has 0 unspecified atom stereocenters. The second kappa shape index (κ2) is 4.44. The number of anilines is 1. The minimum atomic E-state index is -0.797. The van der Waals surface area contributed by atoms with Crippen LogP contribution in [0.15, 0.2) is 18.2 Å². The summed E-state index contributed by atoms with van der Waals surface area (Å²) in [4.78, 5) is 11.9. The van der Waals surface area contributed by atoms with Crippen molar-refractivity contribution in [2.75, 3.05) is 31.2 Å². The van der Waals surface area contributed by atoms with Crippen LogP contribution in [0.5, 0.6) is 0 Å². The average molecular weight is 226 g/mol. The van der Waals surface area contributed by atoms with E-state index in [0.717, 1.165) is 6.07 Å². The number of hydrogen-bond acceptors (Lipinski definition) is 4. The average Bonchev–Trinajstić information content (AvgIpc) is 2.29. The molecule has 86 valence electrons. The first-order chi connectivity index (χ1) is 7.70. The molecule has 0 bridgehead atoms. The van der Waals surface area contributed by atoms with Crippen LogP contribution in [0.25, 0.3) is 0 Å². The van der Waals surface area contributed by atoms with E-state index < -0.39 is 16.4 Å². The molecule has 0 spiro atoms. The Labute approximate surface area is 91.6 Å². The van der Waals surface area contributed by atoms with E-state index in [0.29, 0.717) is 32.0 Å². The highest BCUT2D eigenvalue weighted by Gasteiger charge is 2.24. The van der Waals surface area contributed by atoms with E-state index in [4.69, 9.17) is 4.74 Å². The Morgan fingerprint density at radius 1 is 1.38 bits per heavy atom. The zero-order chi connectivity index (χ0) is 11.5. The van der Waals surface area contributed by atoms with Crippen molar-refractivity contribution in [3.63, 3.8) is 0 Å². The van der Waals surface area contributed by atoms with E-state index in [1.165, 1.54) is 6.07 Å².